The Hall–Kier alpha value is -3.13. The van der Waals surface area contributed by atoms with Crippen LogP contribution in [0.4, 0.5) is 10.5 Å². The van der Waals surface area contributed by atoms with E-state index in [-0.39, 0.29) is 18.5 Å². The molecule has 0 saturated carbocycles. The first-order valence-electron chi connectivity index (χ1n) is 9.68. The first-order chi connectivity index (χ1) is 14.1. The highest BCUT2D eigenvalue weighted by molar-refractivity contribution is 6.01. The zero-order valence-electron chi connectivity index (χ0n) is 16.7. The Kier molecular flexibility index (Phi) is 7.02. The summed E-state index contributed by atoms with van der Waals surface area (Å²) in [7, 11) is 1.85. The minimum atomic E-state index is -0.593. The van der Waals surface area contributed by atoms with E-state index >= 15 is 0 Å². The molecule has 0 unspecified atom stereocenters. The van der Waals surface area contributed by atoms with Gasteiger partial charge in [0.05, 0.1) is 18.3 Å². The number of pyridine rings is 1. The van der Waals surface area contributed by atoms with E-state index in [0.29, 0.717) is 30.4 Å². The van der Waals surface area contributed by atoms with Gasteiger partial charge in [0.2, 0.25) is 5.91 Å². The van der Waals surface area contributed by atoms with E-state index in [4.69, 9.17) is 9.47 Å². The number of fused-ring (bicyclic) bond motifs is 1. The number of rotatable bonds is 7. The number of hydrogen-bond acceptors (Lipinski definition) is 6. The van der Waals surface area contributed by atoms with Crippen molar-refractivity contribution in [2.24, 2.45) is 0 Å². The van der Waals surface area contributed by atoms with Crippen molar-refractivity contribution in [3.05, 3.63) is 48.3 Å². The number of nitrogens with zero attached hydrogens (tertiary/aromatic N) is 2. The molecule has 1 aliphatic rings. The van der Waals surface area contributed by atoms with Gasteiger partial charge in [-0.25, -0.2) is 4.79 Å². The maximum Gasteiger partial charge on any atom is 0.325 e. The zero-order valence-corrected chi connectivity index (χ0v) is 16.7. The molecule has 8 heteroatoms. The molecule has 0 aliphatic carbocycles. The molecule has 0 spiro atoms. The molecule has 1 aliphatic heterocycles. The summed E-state index contributed by atoms with van der Waals surface area (Å²) < 4.78 is 10.9. The smallest absolute Gasteiger partial charge is 0.325 e. The lowest BCUT2D eigenvalue weighted by Crippen LogP contribution is -2.41. The molecule has 8 nitrogen and oxygen atoms in total. The molecular weight excluding hydrogens is 372 g/mol. The van der Waals surface area contributed by atoms with E-state index in [1.807, 2.05) is 30.1 Å². The molecule has 154 valence electrons. The van der Waals surface area contributed by atoms with Crippen molar-refractivity contribution in [3.63, 3.8) is 0 Å². The number of aromatic nitrogens is 1. The van der Waals surface area contributed by atoms with Gasteiger partial charge < -0.3 is 14.8 Å². The van der Waals surface area contributed by atoms with E-state index in [2.05, 4.69) is 22.5 Å². The number of hydrogen-bond donors (Lipinski definition) is 2. The second kappa shape index (κ2) is 9.88. The predicted octanol–water partition coefficient (Wildman–Crippen LogP) is 2.97. The molecule has 0 bridgehead atoms. The highest BCUT2D eigenvalue weighted by Crippen LogP contribution is 2.32. The molecule has 29 heavy (non-hydrogen) atoms. The molecule has 1 atom stereocenters. The van der Waals surface area contributed by atoms with Gasteiger partial charge in [0.25, 0.3) is 0 Å². The van der Waals surface area contributed by atoms with Gasteiger partial charge >= 0.3 is 6.03 Å². The van der Waals surface area contributed by atoms with E-state index < -0.39 is 6.03 Å². The van der Waals surface area contributed by atoms with Crippen molar-refractivity contribution >= 4 is 17.6 Å². The van der Waals surface area contributed by atoms with E-state index in [9.17, 15) is 9.59 Å². The number of ether oxygens (including phenoxy) is 2. The van der Waals surface area contributed by atoms with Crippen LogP contribution < -0.4 is 20.1 Å². The summed E-state index contributed by atoms with van der Waals surface area (Å²) >= 11 is 0. The monoisotopic (exact) mass is 398 g/mol. The fourth-order valence-corrected chi connectivity index (χ4v) is 3.23. The molecular formula is C21H26N4O4. The first-order valence-corrected chi connectivity index (χ1v) is 9.68. The van der Waals surface area contributed by atoms with Gasteiger partial charge in [0, 0.05) is 18.0 Å². The van der Waals surface area contributed by atoms with Gasteiger partial charge in [-0.05, 0) is 37.7 Å². The van der Waals surface area contributed by atoms with Crippen molar-refractivity contribution < 1.29 is 19.1 Å². The molecule has 1 aromatic carbocycles. The maximum atomic E-state index is 12.3. The second-order valence-electron chi connectivity index (χ2n) is 6.83. The lowest BCUT2D eigenvalue weighted by Gasteiger charge is -2.26. The molecule has 0 radical (unpaired) electrons. The van der Waals surface area contributed by atoms with Crippen molar-refractivity contribution in [1.29, 1.82) is 0 Å². The van der Waals surface area contributed by atoms with E-state index in [1.54, 1.807) is 24.4 Å². The fourth-order valence-electron chi connectivity index (χ4n) is 3.23. The molecule has 0 saturated heterocycles. The van der Waals surface area contributed by atoms with Crippen LogP contribution in [0.3, 0.4) is 0 Å². The predicted molar refractivity (Wildman–Crippen MR) is 109 cm³/mol. The number of amides is 3. The Morgan fingerprint density at radius 2 is 1.97 bits per heavy atom. The van der Waals surface area contributed by atoms with Crippen LogP contribution in [0, 0.1) is 0 Å². The van der Waals surface area contributed by atoms with Gasteiger partial charge in [0.1, 0.15) is 13.2 Å². The Bertz CT molecular complexity index is 844. The molecule has 2 heterocycles. The summed E-state index contributed by atoms with van der Waals surface area (Å²) in [5, 5.41) is 5.01. The highest BCUT2D eigenvalue weighted by Gasteiger charge is 2.21. The van der Waals surface area contributed by atoms with Crippen LogP contribution in [0.2, 0.25) is 0 Å². The van der Waals surface area contributed by atoms with Crippen LogP contribution in [-0.2, 0) is 4.79 Å². The highest BCUT2D eigenvalue weighted by atomic mass is 16.6. The minimum Gasteiger partial charge on any atom is -0.486 e. The van der Waals surface area contributed by atoms with Crippen LogP contribution in [0.15, 0.2) is 42.6 Å². The lowest BCUT2D eigenvalue weighted by atomic mass is 10.1. The molecule has 0 fully saturated rings. The third-order valence-corrected chi connectivity index (χ3v) is 4.57. The summed E-state index contributed by atoms with van der Waals surface area (Å²) in [4.78, 5) is 30.8. The average molecular weight is 398 g/mol. The molecule has 2 aromatic rings. The first kappa shape index (κ1) is 20.6. The number of nitrogens with one attached hydrogen (secondary N) is 2. The molecule has 3 amide bonds. The number of urea groups is 1. The zero-order chi connectivity index (χ0) is 20.6. The number of likely N-dealkylation sites (N-methyl/N-ethyl adjacent to an activating group) is 1. The van der Waals surface area contributed by atoms with Crippen LogP contribution in [-0.4, -0.2) is 48.6 Å². The second-order valence-corrected chi connectivity index (χ2v) is 6.83. The maximum absolute atomic E-state index is 12.3. The van der Waals surface area contributed by atoms with E-state index in [0.717, 1.165) is 18.5 Å². The number of anilines is 1. The summed E-state index contributed by atoms with van der Waals surface area (Å²) in [6.07, 6.45) is 3.56. The van der Waals surface area contributed by atoms with Crippen molar-refractivity contribution in [3.8, 4) is 11.5 Å². The van der Waals surface area contributed by atoms with Gasteiger partial charge in [-0.2, -0.15) is 0 Å². The molecule has 3 rings (SSSR count). The SMILES string of the molecule is CCC[C@@H](c1ccccn1)N(C)CC(=O)NC(=O)Nc1ccc2c(c1)OCCO2. The number of carbonyl (C=O) groups excluding carboxylic acids is 2. The average Bonchev–Trinajstić information content (AvgIpc) is 2.72. The fraction of sp³-hybridized carbons (Fsp3) is 0.381. The topological polar surface area (TPSA) is 92.8 Å². The largest absolute Gasteiger partial charge is 0.486 e. The Morgan fingerprint density at radius 3 is 2.69 bits per heavy atom. The van der Waals surface area contributed by atoms with Gasteiger partial charge in [0.15, 0.2) is 11.5 Å². The van der Waals surface area contributed by atoms with Crippen LogP contribution in [0.5, 0.6) is 11.5 Å². The number of imide groups is 1. The number of carbonyl (C=O) groups is 2. The summed E-state index contributed by atoms with van der Waals surface area (Å²) in [6, 6.07) is 10.2. The van der Waals surface area contributed by atoms with Gasteiger partial charge in [-0.3, -0.25) is 20.0 Å². The Labute approximate surface area is 170 Å². The molecule has 1 aromatic heterocycles. The van der Waals surface area contributed by atoms with Crippen molar-refractivity contribution in [2.45, 2.75) is 25.8 Å². The summed E-state index contributed by atoms with van der Waals surface area (Å²) in [5.41, 5.74) is 1.43. The lowest BCUT2D eigenvalue weighted by molar-refractivity contribution is -0.121. The Balaban J connectivity index is 1.54. The molecule has 2 N–H and O–H groups in total. The normalized spacial score (nSPS) is 13.6. The van der Waals surface area contributed by atoms with Gasteiger partial charge in [-0.15, -0.1) is 0 Å². The minimum absolute atomic E-state index is 0.00723. The summed E-state index contributed by atoms with van der Waals surface area (Å²) in [6.45, 7) is 3.13. The van der Waals surface area contributed by atoms with Gasteiger partial charge in [-0.1, -0.05) is 19.4 Å². The van der Waals surface area contributed by atoms with Crippen LogP contribution in [0.1, 0.15) is 31.5 Å². The van der Waals surface area contributed by atoms with Crippen LogP contribution >= 0.6 is 0 Å². The third-order valence-electron chi connectivity index (χ3n) is 4.57. The number of benzene rings is 1. The van der Waals surface area contributed by atoms with Crippen LogP contribution in [0.25, 0.3) is 0 Å². The van der Waals surface area contributed by atoms with Crippen molar-refractivity contribution in [1.82, 2.24) is 15.2 Å². The van der Waals surface area contributed by atoms with E-state index in [1.165, 1.54) is 0 Å². The summed E-state index contributed by atoms with van der Waals surface area (Å²) in [5.74, 6) is 0.814. The quantitative estimate of drug-likeness (QED) is 0.745. The Morgan fingerprint density at radius 1 is 1.17 bits per heavy atom. The standard InChI is InChI=1S/C21H26N4O4/c1-3-6-17(16-7-4-5-10-22-16)25(2)14-20(26)24-21(27)23-15-8-9-18-19(13-15)29-12-11-28-18/h4-5,7-10,13,17H,3,6,11-12,14H2,1-2H3,(H2,23,24,26,27)/t17-/m0/s1. The third kappa shape index (κ3) is 5.68. The van der Waals surface area contributed by atoms with Crippen molar-refractivity contribution in [2.75, 3.05) is 32.1 Å².